The van der Waals surface area contributed by atoms with Crippen molar-refractivity contribution in [2.24, 2.45) is 0 Å². The maximum atomic E-state index is 6.08. The summed E-state index contributed by atoms with van der Waals surface area (Å²) in [6, 6.07) is 3.73. The molecule has 2 aromatic rings. The van der Waals surface area contributed by atoms with E-state index in [1.54, 1.807) is 13.2 Å². The predicted octanol–water partition coefficient (Wildman–Crippen LogP) is 3.99. The molecule has 1 heterocycles. The molecule has 2 rings (SSSR count). The Morgan fingerprint density at radius 3 is 2.90 bits per heavy atom. The van der Waals surface area contributed by atoms with Crippen LogP contribution in [0.4, 0.5) is 5.69 Å². The molecule has 0 fully saturated rings. The summed E-state index contributed by atoms with van der Waals surface area (Å²) in [4.78, 5) is 4.35. The SMILES string of the molecule is CCCCc1noc(CNc2cc(C)c(Cl)cc2OC)n1. The normalized spacial score (nSPS) is 10.7. The Morgan fingerprint density at radius 2 is 2.19 bits per heavy atom. The molecule has 21 heavy (non-hydrogen) atoms. The van der Waals surface area contributed by atoms with Crippen molar-refractivity contribution in [2.45, 2.75) is 39.7 Å². The number of hydrogen-bond donors (Lipinski definition) is 1. The first kappa shape index (κ1) is 15.6. The smallest absolute Gasteiger partial charge is 0.245 e. The third-order valence-corrected chi connectivity index (χ3v) is 3.58. The van der Waals surface area contributed by atoms with E-state index in [2.05, 4.69) is 22.4 Å². The van der Waals surface area contributed by atoms with Crippen LogP contribution in [0.1, 0.15) is 37.0 Å². The Bertz CT molecular complexity index is 599. The highest BCUT2D eigenvalue weighted by atomic mass is 35.5. The number of nitrogens with one attached hydrogen (secondary N) is 1. The summed E-state index contributed by atoms with van der Waals surface area (Å²) in [5, 5.41) is 7.88. The van der Waals surface area contributed by atoms with Gasteiger partial charge in [0.25, 0.3) is 0 Å². The van der Waals surface area contributed by atoms with Gasteiger partial charge in [0.1, 0.15) is 5.75 Å². The standard InChI is InChI=1S/C15H20ClN3O2/c1-4-5-6-14-18-15(21-19-14)9-17-12-7-10(2)11(16)8-13(12)20-3/h7-8,17H,4-6,9H2,1-3H3. The molecule has 0 unspecified atom stereocenters. The molecule has 1 N–H and O–H groups in total. The lowest BCUT2D eigenvalue weighted by Gasteiger charge is -2.11. The van der Waals surface area contributed by atoms with Crippen LogP contribution in [-0.4, -0.2) is 17.3 Å². The molecular weight excluding hydrogens is 290 g/mol. The number of anilines is 1. The van der Waals surface area contributed by atoms with Gasteiger partial charge in [-0.1, -0.05) is 30.1 Å². The van der Waals surface area contributed by atoms with Crippen LogP contribution in [0.2, 0.25) is 5.02 Å². The quantitative estimate of drug-likeness (QED) is 0.837. The Balaban J connectivity index is 2.02. The molecular formula is C15H20ClN3O2. The van der Waals surface area contributed by atoms with Crippen molar-refractivity contribution in [1.82, 2.24) is 10.1 Å². The van der Waals surface area contributed by atoms with Gasteiger partial charge in [-0.3, -0.25) is 0 Å². The van der Waals surface area contributed by atoms with Crippen LogP contribution >= 0.6 is 11.6 Å². The molecule has 114 valence electrons. The molecule has 1 aromatic heterocycles. The Labute approximate surface area is 129 Å². The highest BCUT2D eigenvalue weighted by Crippen LogP contribution is 2.31. The van der Waals surface area contributed by atoms with Crippen LogP contribution in [0.25, 0.3) is 0 Å². The maximum Gasteiger partial charge on any atom is 0.245 e. The summed E-state index contributed by atoms with van der Waals surface area (Å²) < 4.78 is 10.5. The van der Waals surface area contributed by atoms with Crippen molar-refractivity contribution in [2.75, 3.05) is 12.4 Å². The minimum Gasteiger partial charge on any atom is -0.495 e. The molecule has 0 saturated carbocycles. The molecule has 0 bridgehead atoms. The van der Waals surface area contributed by atoms with Crippen LogP contribution in [0.5, 0.6) is 5.75 Å². The highest BCUT2D eigenvalue weighted by molar-refractivity contribution is 6.31. The third-order valence-electron chi connectivity index (χ3n) is 3.17. The van der Waals surface area contributed by atoms with E-state index < -0.39 is 0 Å². The molecule has 6 heteroatoms. The van der Waals surface area contributed by atoms with Gasteiger partial charge >= 0.3 is 0 Å². The van der Waals surface area contributed by atoms with E-state index >= 15 is 0 Å². The van der Waals surface area contributed by atoms with Gasteiger partial charge in [0.05, 0.1) is 19.3 Å². The molecule has 0 atom stereocenters. The van der Waals surface area contributed by atoms with Crippen LogP contribution in [0, 0.1) is 6.92 Å². The Morgan fingerprint density at radius 1 is 1.38 bits per heavy atom. The Kier molecular flexibility index (Phi) is 5.44. The minimum absolute atomic E-state index is 0.455. The lowest BCUT2D eigenvalue weighted by atomic mass is 10.2. The molecule has 0 saturated heterocycles. The number of aromatic nitrogens is 2. The largest absolute Gasteiger partial charge is 0.495 e. The van der Waals surface area contributed by atoms with Crippen molar-refractivity contribution in [3.05, 3.63) is 34.4 Å². The molecule has 0 aliphatic rings. The minimum atomic E-state index is 0.455. The second kappa shape index (κ2) is 7.31. The summed E-state index contributed by atoms with van der Waals surface area (Å²) in [7, 11) is 1.61. The molecule has 0 aliphatic heterocycles. The van der Waals surface area contributed by atoms with E-state index in [9.17, 15) is 0 Å². The van der Waals surface area contributed by atoms with Gasteiger partial charge in [-0.05, 0) is 25.0 Å². The lowest BCUT2D eigenvalue weighted by Crippen LogP contribution is -2.02. The van der Waals surface area contributed by atoms with Gasteiger partial charge in [-0.15, -0.1) is 0 Å². The number of nitrogens with zero attached hydrogens (tertiary/aromatic N) is 2. The lowest BCUT2D eigenvalue weighted by molar-refractivity contribution is 0.376. The molecule has 0 amide bonds. The van der Waals surface area contributed by atoms with Crippen molar-refractivity contribution in [3.8, 4) is 5.75 Å². The average Bonchev–Trinajstić information content (AvgIpc) is 2.93. The number of rotatable bonds is 7. The second-order valence-corrected chi connectivity index (χ2v) is 5.27. The van der Waals surface area contributed by atoms with Gasteiger partial charge < -0.3 is 14.6 Å². The first-order valence-corrected chi connectivity index (χ1v) is 7.41. The summed E-state index contributed by atoms with van der Waals surface area (Å²) in [6.45, 7) is 4.54. The number of aryl methyl sites for hydroxylation is 2. The van der Waals surface area contributed by atoms with E-state index in [0.29, 0.717) is 23.2 Å². The zero-order chi connectivity index (χ0) is 15.2. The van der Waals surface area contributed by atoms with E-state index in [1.807, 2.05) is 13.0 Å². The van der Waals surface area contributed by atoms with E-state index in [0.717, 1.165) is 36.3 Å². The van der Waals surface area contributed by atoms with Crippen molar-refractivity contribution >= 4 is 17.3 Å². The monoisotopic (exact) mass is 309 g/mol. The number of unbranched alkanes of at least 4 members (excludes halogenated alkanes) is 1. The van der Waals surface area contributed by atoms with Crippen LogP contribution < -0.4 is 10.1 Å². The van der Waals surface area contributed by atoms with Gasteiger partial charge in [0, 0.05) is 17.5 Å². The van der Waals surface area contributed by atoms with E-state index in [-0.39, 0.29) is 0 Å². The maximum absolute atomic E-state index is 6.08. The zero-order valence-corrected chi connectivity index (χ0v) is 13.3. The van der Waals surface area contributed by atoms with Crippen molar-refractivity contribution < 1.29 is 9.26 Å². The molecule has 0 radical (unpaired) electrons. The fraction of sp³-hybridized carbons (Fsp3) is 0.467. The third kappa shape index (κ3) is 4.11. The number of halogens is 1. The number of hydrogen-bond acceptors (Lipinski definition) is 5. The number of ether oxygens (including phenoxy) is 1. The first-order valence-electron chi connectivity index (χ1n) is 7.03. The zero-order valence-electron chi connectivity index (χ0n) is 12.6. The number of benzene rings is 1. The van der Waals surface area contributed by atoms with Gasteiger partial charge in [-0.25, -0.2) is 0 Å². The fourth-order valence-electron chi connectivity index (χ4n) is 1.94. The highest BCUT2D eigenvalue weighted by Gasteiger charge is 2.09. The van der Waals surface area contributed by atoms with Crippen LogP contribution in [0.3, 0.4) is 0 Å². The van der Waals surface area contributed by atoms with E-state index in [4.69, 9.17) is 20.9 Å². The first-order chi connectivity index (χ1) is 10.1. The Hall–Kier alpha value is -1.75. The average molecular weight is 310 g/mol. The van der Waals surface area contributed by atoms with Gasteiger partial charge in [0.15, 0.2) is 5.82 Å². The second-order valence-electron chi connectivity index (χ2n) is 4.86. The van der Waals surface area contributed by atoms with E-state index in [1.165, 1.54) is 0 Å². The molecule has 0 aliphatic carbocycles. The van der Waals surface area contributed by atoms with Crippen LogP contribution in [-0.2, 0) is 13.0 Å². The topological polar surface area (TPSA) is 60.2 Å². The number of methoxy groups -OCH3 is 1. The molecule has 5 nitrogen and oxygen atoms in total. The predicted molar refractivity (Wildman–Crippen MR) is 83.0 cm³/mol. The summed E-state index contributed by atoms with van der Waals surface area (Å²) in [5.41, 5.74) is 1.84. The molecule has 0 spiro atoms. The van der Waals surface area contributed by atoms with Crippen molar-refractivity contribution in [1.29, 1.82) is 0 Å². The van der Waals surface area contributed by atoms with Gasteiger partial charge in [0.2, 0.25) is 5.89 Å². The summed E-state index contributed by atoms with van der Waals surface area (Å²) in [5.74, 6) is 2.01. The summed E-state index contributed by atoms with van der Waals surface area (Å²) in [6.07, 6.45) is 3.03. The van der Waals surface area contributed by atoms with Crippen molar-refractivity contribution in [3.63, 3.8) is 0 Å². The van der Waals surface area contributed by atoms with Gasteiger partial charge in [-0.2, -0.15) is 4.98 Å². The fourth-order valence-corrected chi connectivity index (χ4v) is 2.09. The van der Waals surface area contributed by atoms with Crippen LogP contribution in [0.15, 0.2) is 16.7 Å². The summed E-state index contributed by atoms with van der Waals surface area (Å²) >= 11 is 6.08. The molecule has 1 aromatic carbocycles.